The van der Waals surface area contributed by atoms with Crippen molar-refractivity contribution >= 4 is 34.3 Å². The maximum absolute atomic E-state index is 12.0. The van der Waals surface area contributed by atoms with E-state index in [1.165, 1.54) is 0 Å². The van der Waals surface area contributed by atoms with Crippen molar-refractivity contribution in [3.63, 3.8) is 0 Å². The number of aromatic nitrogens is 1. The number of halogens is 1. The normalized spacial score (nSPS) is 10.6. The molecule has 0 aliphatic rings. The van der Waals surface area contributed by atoms with Gasteiger partial charge in [0.15, 0.2) is 6.61 Å². The van der Waals surface area contributed by atoms with E-state index in [9.17, 15) is 9.59 Å². The molecule has 0 saturated heterocycles. The number of aromatic amines is 1. The van der Waals surface area contributed by atoms with Gasteiger partial charge in [-0.3, -0.25) is 20.4 Å². The van der Waals surface area contributed by atoms with Crippen LogP contribution in [-0.4, -0.2) is 23.4 Å². The quantitative estimate of drug-likeness (QED) is 0.569. The number of ether oxygens (including phenoxy) is 1. The molecule has 1 aromatic heterocycles. The van der Waals surface area contributed by atoms with Gasteiger partial charge in [0.25, 0.3) is 5.91 Å². The Hall–Kier alpha value is -2.99. The van der Waals surface area contributed by atoms with Crippen LogP contribution in [-0.2, 0) is 16.0 Å². The van der Waals surface area contributed by atoms with Crippen LogP contribution >= 0.6 is 11.6 Å². The van der Waals surface area contributed by atoms with E-state index in [0.717, 1.165) is 22.0 Å². The summed E-state index contributed by atoms with van der Waals surface area (Å²) in [6.45, 7) is 1.64. The van der Waals surface area contributed by atoms with E-state index in [2.05, 4.69) is 15.8 Å². The molecule has 0 saturated carbocycles. The number of H-pyrrole nitrogens is 1. The van der Waals surface area contributed by atoms with E-state index in [0.29, 0.717) is 17.2 Å². The molecule has 0 fully saturated rings. The molecule has 0 radical (unpaired) electrons. The Morgan fingerprint density at radius 3 is 2.70 bits per heavy atom. The summed E-state index contributed by atoms with van der Waals surface area (Å²) in [6.07, 6.45) is 2.74. The van der Waals surface area contributed by atoms with E-state index in [4.69, 9.17) is 16.3 Å². The zero-order valence-corrected chi connectivity index (χ0v) is 15.6. The SMILES string of the molecule is Cc1cc(Cl)ccc1OCC(=O)NNC(=O)CCc1c[nH]c2ccccc12. The molecule has 27 heavy (non-hydrogen) atoms. The molecule has 2 amide bonds. The predicted octanol–water partition coefficient (Wildman–Crippen LogP) is 3.29. The van der Waals surface area contributed by atoms with Crippen LogP contribution in [0.1, 0.15) is 17.5 Å². The van der Waals surface area contributed by atoms with Crippen LogP contribution in [0.2, 0.25) is 5.02 Å². The second kappa shape index (κ2) is 8.60. The highest BCUT2D eigenvalue weighted by Gasteiger charge is 2.09. The van der Waals surface area contributed by atoms with E-state index in [1.54, 1.807) is 18.2 Å². The predicted molar refractivity (Wildman–Crippen MR) is 105 cm³/mol. The first-order chi connectivity index (χ1) is 13.0. The average Bonchev–Trinajstić information content (AvgIpc) is 3.07. The molecular weight excluding hydrogens is 366 g/mol. The van der Waals surface area contributed by atoms with Gasteiger partial charge in [-0.2, -0.15) is 0 Å². The first-order valence-electron chi connectivity index (χ1n) is 8.54. The zero-order valence-electron chi connectivity index (χ0n) is 14.8. The standard InChI is InChI=1S/C20H20ClN3O3/c1-13-10-15(21)7-8-18(13)27-12-20(26)24-23-19(25)9-6-14-11-22-17-5-3-2-4-16(14)17/h2-5,7-8,10-11,22H,6,9,12H2,1H3,(H,23,25)(H,24,26). The molecule has 6 nitrogen and oxygen atoms in total. The van der Waals surface area contributed by atoms with Crippen LogP contribution in [0.15, 0.2) is 48.7 Å². The number of benzene rings is 2. The van der Waals surface area contributed by atoms with Gasteiger partial charge >= 0.3 is 0 Å². The Morgan fingerprint density at radius 2 is 1.89 bits per heavy atom. The topological polar surface area (TPSA) is 83.2 Å². The number of hydrogen-bond acceptors (Lipinski definition) is 3. The van der Waals surface area contributed by atoms with Crippen molar-refractivity contribution in [1.82, 2.24) is 15.8 Å². The number of nitrogens with one attached hydrogen (secondary N) is 3. The summed E-state index contributed by atoms with van der Waals surface area (Å²) in [6, 6.07) is 13.1. The highest BCUT2D eigenvalue weighted by atomic mass is 35.5. The minimum atomic E-state index is -0.440. The Balaban J connectivity index is 1.41. The lowest BCUT2D eigenvalue weighted by atomic mass is 10.1. The summed E-state index contributed by atoms with van der Waals surface area (Å²) in [5.74, 6) is -0.138. The lowest BCUT2D eigenvalue weighted by Gasteiger charge is -2.10. The molecule has 0 spiro atoms. The fourth-order valence-corrected chi connectivity index (χ4v) is 2.97. The summed E-state index contributed by atoms with van der Waals surface area (Å²) in [5.41, 5.74) is 7.69. The largest absolute Gasteiger partial charge is 0.483 e. The average molecular weight is 386 g/mol. The van der Waals surface area contributed by atoms with Crippen molar-refractivity contribution in [1.29, 1.82) is 0 Å². The molecule has 1 heterocycles. The van der Waals surface area contributed by atoms with Crippen molar-refractivity contribution in [3.05, 3.63) is 64.8 Å². The van der Waals surface area contributed by atoms with Crippen molar-refractivity contribution in [2.75, 3.05) is 6.61 Å². The third kappa shape index (κ3) is 5.01. The third-order valence-electron chi connectivity index (χ3n) is 4.13. The maximum Gasteiger partial charge on any atom is 0.276 e. The van der Waals surface area contributed by atoms with Crippen molar-refractivity contribution in [2.45, 2.75) is 19.8 Å². The molecule has 0 aliphatic carbocycles. The highest BCUT2D eigenvalue weighted by Crippen LogP contribution is 2.21. The number of para-hydroxylation sites is 1. The number of hydrazine groups is 1. The van der Waals surface area contributed by atoms with Gasteiger partial charge in [0, 0.05) is 28.5 Å². The summed E-state index contributed by atoms with van der Waals surface area (Å²) in [5, 5.41) is 1.70. The first-order valence-corrected chi connectivity index (χ1v) is 8.92. The smallest absolute Gasteiger partial charge is 0.276 e. The number of rotatable bonds is 6. The zero-order chi connectivity index (χ0) is 19.2. The van der Waals surface area contributed by atoms with Gasteiger partial charge in [-0.25, -0.2) is 0 Å². The number of carbonyl (C=O) groups is 2. The first kappa shape index (κ1) is 18.8. The molecule has 0 unspecified atom stereocenters. The Morgan fingerprint density at radius 1 is 1.11 bits per heavy atom. The molecular formula is C20H20ClN3O3. The van der Waals surface area contributed by atoms with Crippen LogP contribution in [0.3, 0.4) is 0 Å². The van der Waals surface area contributed by atoms with Gasteiger partial charge in [-0.05, 0) is 48.7 Å². The summed E-state index contributed by atoms with van der Waals surface area (Å²) >= 11 is 5.88. The number of fused-ring (bicyclic) bond motifs is 1. The van der Waals surface area contributed by atoms with E-state index in [-0.39, 0.29) is 18.9 Å². The number of aryl methyl sites for hydroxylation is 2. The lowest BCUT2D eigenvalue weighted by Crippen LogP contribution is -2.43. The second-order valence-corrected chi connectivity index (χ2v) is 6.59. The van der Waals surface area contributed by atoms with E-state index in [1.807, 2.05) is 37.4 Å². The van der Waals surface area contributed by atoms with Crippen LogP contribution in [0.25, 0.3) is 10.9 Å². The minimum absolute atomic E-state index is 0.203. The van der Waals surface area contributed by atoms with Gasteiger partial charge in [0.2, 0.25) is 5.91 Å². The third-order valence-corrected chi connectivity index (χ3v) is 4.37. The lowest BCUT2D eigenvalue weighted by molar-refractivity contribution is -0.130. The van der Waals surface area contributed by atoms with Crippen LogP contribution in [0, 0.1) is 6.92 Å². The van der Waals surface area contributed by atoms with Crippen molar-refractivity contribution in [2.24, 2.45) is 0 Å². The van der Waals surface area contributed by atoms with E-state index < -0.39 is 5.91 Å². The Bertz CT molecular complexity index is 968. The molecule has 0 bridgehead atoms. The fraction of sp³-hybridized carbons (Fsp3) is 0.200. The summed E-state index contributed by atoms with van der Waals surface area (Å²) in [7, 11) is 0. The second-order valence-electron chi connectivity index (χ2n) is 6.15. The Kier molecular flexibility index (Phi) is 5.98. The molecule has 0 aliphatic heterocycles. The molecule has 3 rings (SSSR count). The molecule has 140 valence electrons. The molecule has 3 aromatic rings. The molecule has 3 N–H and O–H groups in total. The highest BCUT2D eigenvalue weighted by molar-refractivity contribution is 6.30. The number of carbonyl (C=O) groups excluding carboxylic acids is 2. The molecule has 0 atom stereocenters. The molecule has 7 heteroatoms. The van der Waals surface area contributed by atoms with Gasteiger partial charge in [0.05, 0.1) is 0 Å². The van der Waals surface area contributed by atoms with Crippen LogP contribution in [0.4, 0.5) is 0 Å². The minimum Gasteiger partial charge on any atom is -0.483 e. The Labute approximate surface area is 161 Å². The molecule has 2 aromatic carbocycles. The monoisotopic (exact) mass is 385 g/mol. The number of amides is 2. The maximum atomic E-state index is 12.0. The summed E-state index contributed by atoms with van der Waals surface area (Å²) < 4.78 is 5.43. The van der Waals surface area contributed by atoms with Crippen LogP contribution in [0.5, 0.6) is 5.75 Å². The van der Waals surface area contributed by atoms with Gasteiger partial charge in [0.1, 0.15) is 5.75 Å². The fourth-order valence-electron chi connectivity index (χ4n) is 2.74. The van der Waals surface area contributed by atoms with E-state index >= 15 is 0 Å². The van der Waals surface area contributed by atoms with Gasteiger partial charge in [-0.15, -0.1) is 0 Å². The number of hydrogen-bond donors (Lipinski definition) is 3. The van der Waals surface area contributed by atoms with Crippen molar-refractivity contribution in [3.8, 4) is 5.75 Å². The summed E-state index contributed by atoms with van der Waals surface area (Å²) in [4.78, 5) is 27.0. The van der Waals surface area contributed by atoms with Crippen LogP contribution < -0.4 is 15.6 Å². The van der Waals surface area contributed by atoms with Crippen molar-refractivity contribution < 1.29 is 14.3 Å². The van der Waals surface area contributed by atoms with Gasteiger partial charge < -0.3 is 9.72 Å². The van der Waals surface area contributed by atoms with Gasteiger partial charge in [-0.1, -0.05) is 29.8 Å².